The third-order valence-corrected chi connectivity index (χ3v) is 14.6. The van der Waals surface area contributed by atoms with Crippen molar-refractivity contribution >= 4 is 100 Å². The number of aryl methyl sites for hydroxylation is 1. The summed E-state index contributed by atoms with van der Waals surface area (Å²) in [5, 5.41) is 8.39. The van der Waals surface area contributed by atoms with E-state index in [0.717, 1.165) is 83.4 Å². The van der Waals surface area contributed by atoms with Gasteiger partial charge in [0.15, 0.2) is 0 Å². The van der Waals surface area contributed by atoms with Crippen molar-refractivity contribution < 1.29 is 28.7 Å². The van der Waals surface area contributed by atoms with Crippen LogP contribution in [0.1, 0.15) is 88.6 Å². The quantitative estimate of drug-likeness (QED) is 0.187. The number of carbonyl (C=O) groups is 4. The normalized spacial score (nSPS) is 20.9. The molecule has 1 aliphatic carbocycles. The summed E-state index contributed by atoms with van der Waals surface area (Å²) >= 11 is 1.45. The lowest BCUT2D eigenvalue weighted by molar-refractivity contribution is -0.155. The number of hydrazine groups is 1. The molecular weight excluding hydrogens is 959 g/mol. The standard InChI is InChI=1S/C48H65N9O6S.4H2S/c1-8-56-39-18-17-32-25-34(39)35(43(56)33-15-11-19-49-41(33)30(2)62-7)27-48(3,4)29-63-46(60)36-16-12-20-57(52-36)45(59)37(26-40-50-38(32)28-64-40)51-44(58)42(31-13-9-10-14-31)54(6)47(61)55-23-21-53(5)22-24-55;;;;/h11,15,17-19,25,28,30-31,36-37,42,52H,8-10,12-14,16,20-24,26-27,29H2,1-7H3,(H,51,58);4*1H2/t30-,36-,37-,42-;;;;/m0..../s1. The first kappa shape index (κ1) is 57.1. The van der Waals surface area contributed by atoms with Crippen molar-refractivity contribution in [2.75, 3.05) is 60.5 Å². The van der Waals surface area contributed by atoms with Crippen molar-refractivity contribution in [3.05, 3.63) is 58.2 Å². The summed E-state index contributed by atoms with van der Waals surface area (Å²) in [6, 6.07) is 7.83. The number of aromatic nitrogens is 3. The molecule has 3 fully saturated rings. The average Bonchev–Trinajstić information content (AvgIpc) is 4.07. The van der Waals surface area contributed by atoms with Crippen LogP contribution in [0.4, 0.5) is 4.79 Å². The molecule has 6 bridgehead atoms. The largest absolute Gasteiger partial charge is 0.464 e. The summed E-state index contributed by atoms with van der Waals surface area (Å²) in [6.45, 7) is 12.3. The fraction of sp³-hybridized carbons (Fsp3) is 0.583. The van der Waals surface area contributed by atoms with E-state index in [9.17, 15) is 19.2 Å². The third-order valence-electron chi connectivity index (χ3n) is 13.8. The second-order valence-electron chi connectivity index (χ2n) is 18.9. The Bertz CT molecular complexity index is 2370. The number of methoxy groups -OCH3 is 1. The highest BCUT2D eigenvalue weighted by atomic mass is 32.1. The molecule has 3 aliphatic heterocycles. The molecule has 0 spiro atoms. The first-order valence-electron chi connectivity index (χ1n) is 23.1. The molecule has 1 saturated carbocycles. The number of nitrogens with one attached hydrogen (secondary N) is 2. The van der Waals surface area contributed by atoms with Crippen LogP contribution in [0.2, 0.25) is 0 Å². The molecule has 2 N–H and O–H groups in total. The zero-order valence-electron chi connectivity index (χ0n) is 40.5. The molecule has 8 rings (SSSR count). The van der Waals surface area contributed by atoms with Crippen LogP contribution in [0.15, 0.2) is 41.9 Å². The van der Waals surface area contributed by atoms with Crippen molar-refractivity contribution in [1.82, 2.24) is 45.0 Å². The van der Waals surface area contributed by atoms with Crippen LogP contribution in [-0.4, -0.2) is 137 Å². The second kappa shape index (κ2) is 24.6. The first-order valence-corrected chi connectivity index (χ1v) is 24.0. The van der Waals surface area contributed by atoms with Gasteiger partial charge in [-0.2, -0.15) is 54.0 Å². The summed E-state index contributed by atoms with van der Waals surface area (Å²) in [5.74, 6) is -1.17. The van der Waals surface area contributed by atoms with E-state index in [1.165, 1.54) is 16.3 Å². The van der Waals surface area contributed by atoms with Crippen molar-refractivity contribution in [1.29, 1.82) is 0 Å². The lowest BCUT2D eigenvalue weighted by atomic mass is 9.84. The van der Waals surface area contributed by atoms with E-state index in [1.54, 1.807) is 25.3 Å². The number of fused-ring (bicyclic) bond motifs is 6. The molecule has 2 saturated heterocycles. The van der Waals surface area contributed by atoms with Crippen molar-refractivity contribution in [2.45, 2.75) is 110 Å². The number of pyridine rings is 1. The van der Waals surface area contributed by atoms with Crippen LogP contribution in [0.3, 0.4) is 0 Å². The van der Waals surface area contributed by atoms with Gasteiger partial charge in [0.05, 0.1) is 34.8 Å². The number of hydrogen-bond donors (Lipinski definition) is 2. The summed E-state index contributed by atoms with van der Waals surface area (Å²) in [4.78, 5) is 72.9. The van der Waals surface area contributed by atoms with Crippen LogP contribution >= 0.6 is 65.3 Å². The van der Waals surface area contributed by atoms with E-state index >= 15 is 0 Å². The number of likely N-dealkylation sites (N-methyl/N-ethyl adjacent to an activating group) is 2. The van der Waals surface area contributed by atoms with Gasteiger partial charge in [0, 0.05) is 98.9 Å². The summed E-state index contributed by atoms with van der Waals surface area (Å²) < 4.78 is 14.3. The molecule has 68 heavy (non-hydrogen) atoms. The van der Waals surface area contributed by atoms with Gasteiger partial charge in [-0.05, 0) is 88.7 Å². The van der Waals surface area contributed by atoms with Crippen LogP contribution in [0.5, 0.6) is 0 Å². The predicted molar refractivity (Wildman–Crippen MR) is 289 cm³/mol. The first-order chi connectivity index (χ1) is 30.8. The molecule has 4 amide bonds. The summed E-state index contributed by atoms with van der Waals surface area (Å²) in [5.41, 5.74) is 9.49. The Morgan fingerprint density at radius 3 is 2.44 bits per heavy atom. The van der Waals surface area contributed by atoms with Gasteiger partial charge in [0.1, 0.15) is 18.1 Å². The molecule has 376 valence electrons. The van der Waals surface area contributed by atoms with Gasteiger partial charge in [-0.15, -0.1) is 11.3 Å². The van der Waals surface area contributed by atoms with Gasteiger partial charge in [-0.1, -0.05) is 32.8 Å². The van der Waals surface area contributed by atoms with E-state index < -0.39 is 29.5 Å². The van der Waals surface area contributed by atoms with Gasteiger partial charge in [0.2, 0.25) is 5.91 Å². The van der Waals surface area contributed by atoms with Gasteiger partial charge >= 0.3 is 12.0 Å². The number of hydrogen-bond acceptors (Lipinski definition) is 11. The van der Waals surface area contributed by atoms with Crippen molar-refractivity contribution in [3.63, 3.8) is 0 Å². The second-order valence-corrected chi connectivity index (χ2v) is 19.9. The number of amides is 4. The molecule has 15 nitrogen and oxygen atoms in total. The Labute approximate surface area is 433 Å². The Kier molecular flexibility index (Phi) is 20.6. The van der Waals surface area contributed by atoms with Crippen LogP contribution in [-0.2, 0) is 43.2 Å². The molecule has 3 aromatic heterocycles. The average molecular weight is 1030 g/mol. The molecule has 0 radical (unpaired) electrons. The Morgan fingerprint density at radius 1 is 1.03 bits per heavy atom. The van der Waals surface area contributed by atoms with E-state index in [4.69, 9.17) is 19.4 Å². The SMILES string of the molecule is CCn1c(-c2cccnc2[C@H](C)OC)c2c3cc(ccc31)-c1csc(n1)C[C@H](NC(=O)[C@H](C1CCCC1)N(C)C(=O)N1CCN(C)CC1)C(=O)N1CCC[C@H](N1)C(=O)OCC(C)(C)C2.S.S.S.S. The Balaban J connectivity index is 0.00000252. The molecule has 6 heterocycles. The van der Waals surface area contributed by atoms with E-state index in [1.807, 2.05) is 30.3 Å². The minimum Gasteiger partial charge on any atom is -0.464 e. The molecule has 4 aliphatic rings. The maximum Gasteiger partial charge on any atom is 0.324 e. The Hall–Kier alpha value is -3.50. The Morgan fingerprint density at radius 2 is 1.75 bits per heavy atom. The number of nitrogens with zero attached hydrogens (tertiary/aromatic N) is 7. The van der Waals surface area contributed by atoms with Crippen LogP contribution in [0, 0.1) is 11.3 Å². The number of piperazine rings is 1. The van der Waals surface area contributed by atoms with E-state index in [0.29, 0.717) is 50.4 Å². The fourth-order valence-corrected chi connectivity index (χ4v) is 11.0. The van der Waals surface area contributed by atoms with Gasteiger partial charge in [0.25, 0.3) is 5.91 Å². The molecular formula is C48H73N9O6S5. The van der Waals surface area contributed by atoms with E-state index in [-0.39, 0.29) is 96.9 Å². The third kappa shape index (κ3) is 12.1. The smallest absolute Gasteiger partial charge is 0.324 e. The van der Waals surface area contributed by atoms with Crippen molar-refractivity contribution in [2.24, 2.45) is 11.3 Å². The van der Waals surface area contributed by atoms with E-state index in [2.05, 4.69) is 65.2 Å². The number of ether oxygens (including phenoxy) is 2. The predicted octanol–water partition coefficient (Wildman–Crippen LogP) is 6.51. The molecule has 20 heteroatoms. The number of cyclic esters (lactones) is 1. The van der Waals surface area contributed by atoms with Crippen molar-refractivity contribution in [3.8, 4) is 22.5 Å². The number of benzene rings is 1. The number of carbonyl (C=O) groups excluding carboxylic acids is 4. The summed E-state index contributed by atoms with van der Waals surface area (Å²) in [6.07, 6.45) is 6.98. The monoisotopic (exact) mass is 1030 g/mol. The highest BCUT2D eigenvalue weighted by molar-refractivity contribution is 7.59. The van der Waals surface area contributed by atoms with Crippen LogP contribution < -0.4 is 10.7 Å². The van der Waals surface area contributed by atoms with Crippen LogP contribution in [0.25, 0.3) is 33.4 Å². The highest BCUT2D eigenvalue weighted by Crippen LogP contribution is 2.42. The molecule has 4 atom stereocenters. The highest BCUT2D eigenvalue weighted by Gasteiger charge is 2.41. The molecule has 1 aromatic carbocycles. The lowest BCUT2D eigenvalue weighted by Gasteiger charge is -2.39. The number of thiazole rings is 1. The topological polar surface area (TPSA) is 154 Å². The maximum absolute atomic E-state index is 14.7. The minimum absolute atomic E-state index is 0. The maximum atomic E-state index is 14.7. The summed E-state index contributed by atoms with van der Waals surface area (Å²) in [7, 11) is 5.46. The van der Waals surface area contributed by atoms with Gasteiger partial charge < -0.3 is 34.1 Å². The van der Waals surface area contributed by atoms with Gasteiger partial charge in [-0.3, -0.25) is 24.4 Å². The zero-order valence-corrected chi connectivity index (χ0v) is 45.3. The zero-order chi connectivity index (χ0) is 45.3. The fourth-order valence-electron chi connectivity index (χ4n) is 10.1. The number of rotatable bonds is 8. The molecule has 0 unspecified atom stereocenters. The minimum atomic E-state index is -1.01. The number of esters is 1. The lowest BCUT2D eigenvalue weighted by Crippen LogP contribution is -2.63. The molecule has 4 aromatic rings. The number of urea groups is 1. The van der Waals surface area contributed by atoms with Gasteiger partial charge in [-0.25, -0.2) is 15.2 Å².